The third kappa shape index (κ3) is 3.80. The molecule has 1 unspecified atom stereocenters. The Kier molecular flexibility index (Phi) is 5.17. The summed E-state index contributed by atoms with van der Waals surface area (Å²) < 4.78 is 1.45. The molecule has 4 rings (SSSR count). The number of hydrogen-bond acceptors (Lipinski definition) is 4. The van der Waals surface area contributed by atoms with Crippen LogP contribution in [-0.2, 0) is 7.05 Å². The molecule has 2 atom stereocenters. The molecule has 147 valence electrons. The lowest BCUT2D eigenvalue weighted by Gasteiger charge is -2.21. The number of carbonyl (C=O) groups excluding carboxylic acids is 2. The maximum atomic E-state index is 12.8. The van der Waals surface area contributed by atoms with Gasteiger partial charge in [-0.2, -0.15) is 5.10 Å². The minimum absolute atomic E-state index is 0.0686. The van der Waals surface area contributed by atoms with E-state index in [9.17, 15) is 9.59 Å². The Hall–Kier alpha value is -2.67. The predicted molar refractivity (Wildman–Crippen MR) is 106 cm³/mol. The summed E-state index contributed by atoms with van der Waals surface area (Å²) in [5, 5.41) is 4.03. The Morgan fingerprint density at radius 3 is 2.43 bits per heavy atom. The summed E-state index contributed by atoms with van der Waals surface area (Å²) in [6.07, 6.45) is 3.32. The van der Waals surface area contributed by atoms with Crippen LogP contribution < -0.4 is 5.73 Å². The molecule has 2 N–H and O–H groups in total. The van der Waals surface area contributed by atoms with Gasteiger partial charge in [-0.25, -0.2) is 0 Å². The number of nitrogens with two attached hydrogens (primary N) is 1. The van der Waals surface area contributed by atoms with Crippen molar-refractivity contribution in [3.8, 4) is 0 Å². The minimum atomic E-state index is -0.615. The molecule has 2 aromatic rings. The first-order chi connectivity index (χ1) is 13.5. The maximum absolute atomic E-state index is 12.8. The highest BCUT2D eigenvalue weighted by Gasteiger charge is 2.41. The number of aromatic nitrogens is 2. The molecule has 0 saturated carbocycles. The van der Waals surface area contributed by atoms with Gasteiger partial charge < -0.3 is 15.5 Å². The Balaban J connectivity index is 1.28. The Morgan fingerprint density at radius 1 is 1.14 bits per heavy atom. The van der Waals surface area contributed by atoms with Crippen LogP contribution in [0.2, 0.25) is 0 Å². The molecule has 1 aromatic heterocycles. The highest BCUT2D eigenvalue weighted by molar-refractivity contribution is 5.97. The molecule has 1 radical (unpaired) electrons. The summed E-state index contributed by atoms with van der Waals surface area (Å²) in [5.41, 5.74) is 7.09. The van der Waals surface area contributed by atoms with Crippen LogP contribution in [0.5, 0.6) is 0 Å². The molecule has 7 heteroatoms. The largest absolute Gasteiger partial charge is 0.364 e. The maximum Gasteiger partial charge on any atom is 0.272 e. The monoisotopic (exact) mass is 380 g/mol. The number of aryl methyl sites for hydroxylation is 1. The summed E-state index contributed by atoms with van der Waals surface area (Å²) in [7, 11) is 1.67. The second-order valence-corrected chi connectivity index (χ2v) is 7.80. The Bertz CT molecular complexity index is 849. The molecule has 7 nitrogen and oxygen atoms in total. The summed E-state index contributed by atoms with van der Waals surface area (Å²) in [6, 6.07) is 11.9. The van der Waals surface area contributed by atoms with E-state index in [-0.39, 0.29) is 11.6 Å². The van der Waals surface area contributed by atoms with Crippen LogP contribution in [-0.4, -0.2) is 64.1 Å². The normalized spacial score (nSPS) is 21.8. The van der Waals surface area contributed by atoms with Crippen molar-refractivity contribution < 1.29 is 9.59 Å². The van der Waals surface area contributed by atoms with E-state index >= 15 is 0 Å². The van der Waals surface area contributed by atoms with Crippen molar-refractivity contribution in [3.05, 3.63) is 59.8 Å². The average molecular weight is 380 g/mol. The number of primary amides is 1. The number of rotatable bonds is 6. The summed E-state index contributed by atoms with van der Waals surface area (Å²) in [5.74, 6) is 0.353. The summed E-state index contributed by atoms with van der Waals surface area (Å²) in [4.78, 5) is 28.5. The van der Waals surface area contributed by atoms with Gasteiger partial charge in [0.25, 0.3) is 11.8 Å². The third-order valence-corrected chi connectivity index (χ3v) is 5.83. The molecule has 2 fully saturated rings. The third-order valence-electron chi connectivity index (χ3n) is 5.83. The fourth-order valence-electron chi connectivity index (χ4n) is 4.39. The predicted octanol–water partition coefficient (Wildman–Crippen LogP) is 1.17. The number of likely N-dealkylation sites (tertiary alicyclic amines) is 2. The first-order valence-corrected chi connectivity index (χ1v) is 9.75. The second-order valence-electron chi connectivity index (χ2n) is 7.80. The van der Waals surface area contributed by atoms with Crippen LogP contribution in [0.1, 0.15) is 33.0 Å². The fourth-order valence-corrected chi connectivity index (χ4v) is 4.39. The van der Waals surface area contributed by atoms with Gasteiger partial charge in [0, 0.05) is 39.3 Å². The van der Waals surface area contributed by atoms with E-state index in [1.165, 1.54) is 16.3 Å². The van der Waals surface area contributed by atoms with Crippen molar-refractivity contribution in [3.63, 3.8) is 0 Å². The van der Waals surface area contributed by atoms with E-state index in [4.69, 9.17) is 5.73 Å². The number of fused-ring (bicyclic) bond motifs is 1. The summed E-state index contributed by atoms with van der Waals surface area (Å²) in [6.45, 7) is 4.66. The van der Waals surface area contributed by atoms with Crippen LogP contribution in [0.4, 0.5) is 0 Å². The molecule has 1 aromatic carbocycles. The first kappa shape index (κ1) is 18.7. The van der Waals surface area contributed by atoms with E-state index in [2.05, 4.69) is 40.7 Å². The van der Waals surface area contributed by atoms with Crippen LogP contribution in [0.25, 0.3) is 0 Å². The van der Waals surface area contributed by atoms with Crippen molar-refractivity contribution in [2.75, 3.05) is 32.7 Å². The van der Waals surface area contributed by atoms with Gasteiger partial charge in [0.1, 0.15) is 5.69 Å². The molecular formula is C21H26N5O2. The summed E-state index contributed by atoms with van der Waals surface area (Å²) >= 11 is 0. The smallest absolute Gasteiger partial charge is 0.272 e. The number of hydrogen-bond donors (Lipinski definition) is 1. The average Bonchev–Trinajstić information content (AvgIpc) is 3.35. The van der Waals surface area contributed by atoms with Crippen molar-refractivity contribution in [2.24, 2.45) is 24.6 Å². The Morgan fingerprint density at radius 2 is 1.82 bits per heavy atom. The van der Waals surface area contributed by atoms with Crippen LogP contribution in [0.15, 0.2) is 36.4 Å². The van der Waals surface area contributed by atoms with Gasteiger partial charge in [-0.3, -0.25) is 14.3 Å². The topological polar surface area (TPSA) is 84.5 Å². The highest BCUT2D eigenvalue weighted by atomic mass is 16.2. The molecule has 28 heavy (non-hydrogen) atoms. The zero-order valence-electron chi connectivity index (χ0n) is 16.1. The highest BCUT2D eigenvalue weighted by Crippen LogP contribution is 2.32. The van der Waals surface area contributed by atoms with Gasteiger partial charge >= 0.3 is 0 Å². The van der Waals surface area contributed by atoms with Crippen molar-refractivity contribution in [2.45, 2.75) is 6.42 Å². The fraction of sp³-hybridized carbons (Fsp3) is 0.429. The van der Waals surface area contributed by atoms with Gasteiger partial charge in [-0.15, -0.1) is 0 Å². The van der Waals surface area contributed by atoms with E-state index in [1.54, 1.807) is 7.05 Å². The van der Waals surface area contributed by atoms with Crippen LogP contribution >= 0.6 is 0 Å². The Labute approximate surface area is 165 Å². The lowest BCUT2D eigenvalue weighted by Crippen LogP contribution is -2.34. The SMILES string of the molecule is Cn1nc(C(N)=O)cc1C(=O)N1CC2CN(CC[CH]c3ccccc3)C[C@H]2C1. The van der Waals surface area contributed by atoms with E-state index in [0.29, 0.717) is 17.5 Å². The van der Waals surface area contributed by atoms with E-state index in [0.717, 1.165) is 39.1 Å². The van der Waals surface area contributed by atoms with Crippen molar-refractivity contribution >= 4 is 11.8 Å². The zero-order chi connectivity index (χ0) is 19.7. The lowest BCUT2D eigenvalue weighted by atomic mass is 10.0. The van der Waals surface area contributed by atoms with Crippen LogP contribution in [0, 0.1) is 18.3 Å². The van der Waals surface area contributed by atoms with Gasteiger partial charge in [0.15, 0.2) is 5.69 Å². The van der Waals surface area contributed by atoms with Gasteiger partial charge in [0.05, 0.1) is 0 Å². The molecule has 0 bridgehead atoms. The van der Waals surface area contributed by atoms with E-state index < -0.39 is 5.91 Å². The number of amides is 2. The van der Waals surface area contributed by atoms with Crippen LogP contribution in [0.3, 0.4) is 0 Å². The van der Waals surface area contributed by atoms with E-state index in [1.807, 2.05) is 11.0 Å². The standard InChI is InChI=1S/C21H26N5O2/c1-24-19(10-18(23-24)20(22)27)21(28)26-13-16-11-25(12-17(16)14-26)9-5-8-15-6-3-2-4-7-15/h2-4,6-8,10,16-17H,5,9,11-14H2,1H3,(H2,22,27)/t16-,17?/m0/s1. The molecular weight excluding hydrogens is 354 g/mol. The molecule has 2 saturated heterocycles. The van der Waals surface area contributed by atoms with Gasteiger partial charge in [-0.05, 0) is 36.8 Å². The van der Waals surface area contributed by atoms with Gasteiger partial charge in [0.2, 0.25) is 0 Å². The number of carbonyl (C=O) groups is 2. The minimum Gasteiger partial charge on any atom is -0.364 e. The van der Waals surface area contributed by atoms with Crippen molar-refractivity contribution in [1.29, 1.82) is 0 Å². The number of benzene rings is 1. The lowest BCUT2D eigenvalue weighted by molar-refractivity contribution is 0.0763. The second kappa shape index (κ2) is 7.75. The molecule has 2 aliphatic rings. The molecule has 0 spiro atoms. The number of nitrogens with zero attached hydrogens (tertiary/aromatic N) is 4. The van der Waals surface area contributed by atoms with Gasteiger partial charge in [-0.1, -0.05) is 30.3 Å². The molecule has 2 amide bonds. The molecule has 3 heterocycles. The molecule has 2 aliphatic heterocycles. The molecule has 0 aliphatic carbocycles. The first-order valence-electron chi connectivity index (χ1n) is 9.75. The zero-order valence-corrected chi connectivity index (χ0v) is 16.1. The quantitative estimate of drug-likeness (QED) is 0.815. The van der Waals surface area contributed by atoms with Crippen molar-refractivity contribution in [1.82, 2.24) is 19.6 Å².